The Balaban J connectivity index is 1.76. The fourth-order valence-corrected chi connectivity index (χ4v) is 2.01. The van der Waals surface area contributed by atoms with Crippen molar-refractivity contribution >= 4 is 19.0 Å². The minimum absolute atomic E-state index is 0.0180. The van der Waals surface area contributed by atoms with Crippen molar-refractivity contribution in [3.05, 3.63) is 46.4 Å². The molecule has 9 heteroatoms. The van der Waals surface area contributed by atoms with Gasteiger partial charge in [0.2, 0.25) is 0 Å². The first kappa shape index (κ1) is 18.9. The van der Waals surface area contributed by atoms with E-state index in [9.17, 15) is 14.9 Å². The first-order valence-corrected chi connectivity index (χ1v) is 7.72. The van der Waals surface area contributed by atoms with E-state index in [0.29, 0.717) is 0 Å². The summed E-state index contributed by atoms with van der Waals surface area (Å²) in [5.41, 5.74) is -0.957. The standard InChI is InChI=1S/C16H20BNO7/c1-15(2)16(3,4)25-17(24-15)10-5-11-22-14(19)23-13-8-6-12(7-9-13)18(20)21/h5-10H,11H2,1-4H3/b10-5+. The first-order chi connectivity index (χ1) is 11.6. The highest BCUT2D eigenvalue weighted by molar-refractivity contribution is 6.51. The van der Waals surface area contributed by atoms with Crippen molar-refractivity contribution in [2.45, 2.75) is 38.9 Å². The number of rotatable bonds is 5. The second-order valence-electron chi connectivity index (χ2n) is 6.47. The molecule has 25 heavy (non-hydrogen) atoms. The van der Waals surface area contributed by atoms with Crippen molar-refractivity contribution in [1.82, 2.24) is 0 Å². The van der Waals surface area contributed by atoms with Crippen LogP contribution >= 0.6 is 0 Å². The van der Waals surface area contributed by atoms with E-state index in [1.165, 1.54) is 24.3 Å². The van der Waals surface area contributed by atoms with Crippen LogP contribution < -0.4 is 4.74 Å². The van der Waals surface area contributed by atoms with Gasteiger partial charge in [-0.2, -0.15) is 0 Å². The smallest absolute Gasteiger partial charge is 0.430 e. The fourth-order valence-electron chi connectivity index (χ4n) is 2.01. The Hall–Kier alpha value is -2.39. The first-order valence-electron chi connectivity index (χ1n) is 7.72. The fraction of sp³-hybridized carbons (Fsp3) is 0.438. The van der Waals surface area contributed by atoms with Gasteiger partial charge in [-0.3, -0.25) is 10.1 Å². The molecule has 0 saturated carbocycles. The van der Waals surface area contributed by atoms with Gasteiger partial charge in [-0.25, -0.2) is 4.79 Å². The van der Waals surface area contributed by atoms with Gasteiger partial charge in [0.05, 0.1) is 16.1 Å². The number of ether oxygens (including phenoxy) is 2. The molecule has 1 fully saturated rings. The molecule has 1 aliphatic heterocycles. The zero-order chi connectivity index (χ0) is 18.7. The van der Waals surface area contributed by atoms with E-state index in [2.05, 4.69) is 0 Å². The van der Waals surface area contributed by atoms with Crippen molar-refractivity contribution in [1.29, 1.82) is 0 Å². The lowest BCUT2D eigenvalue weighted by molar-refractivity contribution is -0.384. The highest BCUT2D eigenvalue weighted by atomic mass is 16.7. The summed E-state index contributed by atoms with van der Waals surface area (Å²) in [6.45, 7) is 7.76. The number of benzene rings is 1. The summed E-state index contributed by atoms with van der Waals surface area (Å²) < 4.78 is 21.3. The number of non-ortho nitro benzene ring substituents is 1. The van der Waals surface area contributed by atoms with Gasteiger partial charge >= 0.3 is 13.3 Å². The van der Waals surface area contributed by atoms with E-state index in [1.54, 1.807) is 12.1 Å². The average molecular weight is 349 g/mol. The number of hydrogen-bond donors (Lipinski definition) is 0. The van der Waals surface area contributed by atoms with E-state index in [-0.39, 0.29) is 18.0 Å². The molecule has 1 saturated heterocycles. The number of nitro groups is 1. The van der Waals surface area contributed by atoms with Crippen molar-refractivity contribution < 1.29 is 28.5 Å². The number of carbonyl (C=O) groups is 1. The summed E-state index contributed by atoms with van der Waals surface area (Å²) >= 11 is 0. The van der Waals surface area contributed by atoms with Crippen LogP contribution in [0.15, 0.2) is 36.3 Å². The highest BCUT2D eigenvalue weighted by Gasteiger charge is 2.49. The molecule has 8 nitrogen and oxygen atoms in total. The molecule has 1 aromatic carbocycles. The molecule has 2 rings (SSSR count). The lowest BCUT2D eigenvalue weighted by Crippen LogP contribution is -2.41. The maximum absolute atomic E-state index is 11.6. The van der Waals surface area contributed by atoms with Crippen molar-refractivity contribution in [2.75, 3.05) is 6.61 Å². The third-order valence-corrected chi connectivity index (χ3v) is 4.11. The Kier molecular flexibility index (Phi) is 5.49. The minimum atomic E-state index is -0.910. The summed E-state index contributed by atoms with van der Waals surface area (Å²) in [6, 6.07) is 5.11. The van der Waals surface area contributed by atoms with Gasteiger partial charge in [0.15, 0.2) is 0 Å². The normalized spacial score (nSPS) is 18.3. The largest absolute Gasteiger partial charge is 0.514 e. The summed E-state index contributed by atoms with van der Waals surface area (Å²) in [5.74, 6) is 1.82. The van der Waals surface area contributed by atoms with Crippen LogP contribution in [0.25, 0.3) is 0 Å². The van der Waals surface area contributed by atoms with E-state index in [1.807, 2.05) is 27.7 Å². The molecule has 1 heterocycles. The van der Waals surface area contributed by atoms with Crippen LogP contribution in [0.2, 0.25) is 0 Å². The maximum Gasteiger partial charge on any atom is 0.514 e. The second kappa shape index (κ2) is 7.24. The summed E-state index contributed by atoms with van der Waals surface area (Å²) in [6.07, 6.45) is 0.687. The SMILES string of the molecule is CC1(C)OB(/C=C/COC(=O)Oc2ccc([N+](=O)[O-])cc2)OC1(C)C. The lowest BCUT2D eigenvalue weighted by Gasteiger charge is -2.32. The Morgan fingerprint density at radius 1 is 1.20 bits per heavy atom. The highest BCUT2D eigenvalue weighted by Crippen LogP contribution is 2.36. The molecule has 1 aliphatic rings. The van der Waals surface area contributed by atoms with Crippen LogP contribution in [0.3, 0.4) is 0 Å². The predicted octanol–water partition coefficient (Wildman–Crippen LogP) is 3.30. The quantitative estimate of drug-likeness (QED) is 0.264. The van der Waals surface area contributed by atoms with Gasteiger partial charge in [0.1, 0.15) is 12.4 Å². The molecule has 0 N–H and O–H groups in total. The van der Waals surface area contributed by atoms with Gasteiger partial charge in [-0.05, 0) is 39.8 Å². The zero-order valence-corrected chi connectivity index (χ0v) is 14.6. The number of nitrogens with zero attached hydrogens (tertiary/aromatic N) is 1. The lowest BCUT2D eigenvalue weighted by atomic mass is 9.90. The second-order valence-corrected chi connectivity index (χ2v) is 6.47. The number of carbonyl (C=O) groups excluding carboxylic acids is 1. The Morgan fingerprint density at radius 3 is 2.28 bits per heavy atom. The van der Waals surface area contributed by atoms with Gasteiger partial charge in [-0.1, -0.05) is 12.1 Å². The van der Waals surface area contributed by atoms with Crippen LogP contribution in [0.5, 0.6) is 5.75 Å². The van der Waals surface area contributed by atoms with Gasteiger partial charge in [0, 0.05) is 12.1 Å². The van der Waals surface area contributed by atoms with Gasteiger partial charge in [-0.15, -0.1) is 0 Å². The van der Waals surface area contributed by atoms with Gasteiger partial charge < -0.3 is 18.8 Å². The number of hydrogen-bond acceptors (Lipinski definition) is 7. The van der Waals surface area contributed by atoms with Crippen molar-refractivity contribution in [3.8, 4) is 5.75 Å². The Labute approximate surface area is 146 Å². The van der Waals surface area contributed by atoms with E-state index in [0.717, 1.165) is 0 Å². The van der Waals surface area contributed by atoms with E-state index in [4.69, 9.17) is 18.8 Å². The average Bonchev–Trinajstić information content (AvgIpc) is 2.72. The van der Waals surface area contributed by atoms with Gasteiger partial charge in [0.25, 0.3) is 5.69 Å². The molecule has 134 valence electrons. The third kappa shape index (κ3) is 4.80. The molecule has 1 aromatic rings. The molecule has 0 aromatic heterocycles. The molecule has 0 bridgehead atoms. The maximum atomic E-state index is 11.6. The molecule has 0 aliphatic carbocycles. The van der Waals surface area contributed by atoms with Crippen LogP contribution in [-0.2, 0) is 14.0 Å². The van der Waals surface area contributed by atoms with Crippen LogP contribution in [0, 0.1) is 10.1 Å². The minimum Gasteiger partial charge on any atom is -0.430 e. The third-order valence-electron chi connectivity index (χ3n) is 4.11. The van der Waals surface area contributed by atoms with Crippen LogP contribution in [-0.4, -0.2) is 36.0 Å². The molecule has 0 radical (unpaired) electrons. The molecule has 0 unspecified atom stereocenters. The summed E-state index contributed by atoms with van der Waals surface area (Å²) in [7, 11) is -0.515. The van der Waals surface area contributed by atoms with Crippen molar-refractivity contribution in [2.24, 2.45) is 0 Å². The summed E-state index contributed by atoms with van der Waals surface area (Å²) in [4.78, 5) is 21.6. The Bertz CT molecular complexity index is 654. The predicted molar refractivity (Wildman–Crippen MR) is 90.3 cm³/mol. The van der Waals surface area contributed by atoms with Crippen molar-refractivity contribution in [3.63, 3.8) is 0 Å². The van der Waals surface area contributed by atoms with Crippen LogP contribution in [0.4, 0.5) is 10.5 Å². The molecule has 0 atom stereocenters. The molecular weight excluding hydrogens is 329 g/mol. The van der Waals surface area contributed by atoms with Crippen LogP contribution in [0.1, 0.15) is 27.7 Å². The molecule has 0 amide bonds. The van der Waals surface area contributed by atoms with E-state index < -0.39 is 29.4 Å². The zero-order valence-electron chi connectivity index (χ0n) is 14.6. The van der Waals surface area contributed by atoms with E-state index >= 15 is 0 Å². The summed E-state index contributed by atoms with van der Waals surface area (Å²) in [5, 5.41) is 10.5. The topological polar surface area (TPSA) is 97.1 Å². The number of nitro benzene ring substituents is 1. The monoisotopic (exact) mass is 349 g/mol. The molecule has 0 spiro atoms. The molecular formula is C16H20BNO7. The Morgan fingerprint density at radius 2 is 1.76 bits per heavy atom.